The molecule has 0 saturated heterocycles. The van der Waals surface area contributed by atoms with Gasteiger partial charge in [0.05, 0.1) is 5.75 Å². The lowest BCUT2D eigenvalue weighted by atomic mass is 10.1. The molecule has 0 spiro atoms. The smallest absolute Gasteiger partial charge is 0.546 e. The zero-order valence-corrected chi connectivity index (χ0v) is 19.3. The fourth-order valence-corrected chi connectivity index (χ4v) is 6.44. The third-order valence-electron chi connectivity index (χ3n) is 5.45. The van der Waals surface area contributed by atoms with Gasteiger partial charge in [0.2, 0.25) is 0 Å². The zero-order valence-electron chi connectivity index (χ0n) is 18.1. The van der Waals surface area contributed by atoms with E-state index in [4.69, 9.17) is 3.79 Å². The predicted molar refractivity (Wildman–Crippen MR) is 119 cm³/mol. The molecule has 0 atom stereocenters. The van der Waals surface area contributed by atoms with Gasteiger partial charge < -0.3 is 3.79 Å². The van der Waals surface area contributed by atoms with Crippen LogP contribution in [0.3, 0.4) is 0 Å². The van der Waals surface area contributed by atoms with Crippen LogP contribution in [-0.4, -0.2) is 14.5 Å². The van der Waals surface area contributed by atoms with Gasteiger partial charge in [-0.15, -0.1) is 0 Å². The van der Waals surface area contributed by atoms with Crippen LogP contribution < -0.4 is 3.79 Å². The molecule has 148 valence electrons. The second-order valence-electron chi connectivity index (χ2n) is 8.07. The van der Waals surface area contributed by atoms with Crippen LogP contribution in [0, 0.1) is 13.8 Å². The average molecular weight is 375 g/mol. The van der Waals surface area contributed by atoms with Crippen molar-refractivity contribution >= 4 is 14.5 Å². The highest BCUT2D eigenvalue weighted by molar-refractivity contribution is 6.52. The van der Waals surface area contributed by atoms with Crippen molar-refractivity contribution in [2.75, 3.05) is 0 Å². The molecule has 1 aromatic rings. The van der Waals surface area contributed by atoms with E-state index in [0.717, 1.165) is 0 Å². The summed E-state index contributed by atoms with van der Waals surface area (Å²) in [6.07, 6.45) is 16.7. The third-order valence-corrected chi connectivity index (χ3v) is 8.13. The summed E-state index contributed by atoms with van der Waals surface area (Å²) in [5.74, 6) is 1.20. The van der Waals surface area contributed by atoms with E-state index in [2.05, 4.69) is 45.9 Å². The minimum Gasteiger partial charge on any atom is -0.642 e. The van der Waals surface area contributed by atoms with Crippen LogP contribution in [0.25, 0.3) is 0 Å². The fourth-order valence-electron chi connectivity index (χ4n) is 3.72. The molecular weight excluding hydrogens is 331 g/mol. The monoisotopic (exact) mass is 374 g/mol. The summed E-state index contributed by atoms with van der Waals surface area (Å²) in [7, 11) is 0. The van der Waals surface area contributed by atoms with Gasteiger partial charge in [-0.1, -0.05) is 120 Å². The Morgan fingerprint density at radius 3 is 1.54 bits per heavy atom. The van der Waals surface area contributed by atoms with Crippen molar-refractivity contribution in [1.82, 2.24) is 0 Å². The highest BCUT2D eigenvalue weighted by atomic mass is 27.2. The maximum atomic E-state index is 6.67. The van der Waals surface area contributed by atoms with Gasteiger partial charge in [-0.25, -0.2) is 0 Å². The van der Waals surface area contributed by atoms with E-state index in [9.17, 15) is 0 Å². The van der Waals surface area contributed by atoms with Crippen LogP contribution in [0.5, 0.6) is 5.75 Å². The summed E-state index contributed by atoms with van der Waals surface area (Å²) in [6.45, 7) is 8.98. The van der Waals surface area contributed by atoms with Crippen molar-refractivity contribution in [1.29, 1.82) is 0 Å². The number of hydrogen-bond donors (Lipinski definition) is 0. The second kappa shape index (κ2) is 15.6. The van der Waals surface area contributed by atoms with E-state index in [-0.39, 0.29) is 0 Å². The Kier molecular flexibility index (Phi) is 14.2. The first-order valence-corrected chi connectivity index (χ1v) is 13.5. The van der Waals surface area contributed by atoms with E-state index in [1.807, 2.05) is 0 Å². The summed E-state index contributed by atoms with van der Waals surface area (Å²) in [5, 5.41) is 2.71. The van der Waals surface area contributed by atoms with Crippen LogP contribution in [0.2, 0.25) is 10.6 Å². The molecule has 0 bridgehead atoms. The van der Waals surface area contributed by atoms with Crippen molar-refractivity contribution in [2.45, 2.75) is 115 Å². The average Bonchev–Trinajstić information content (AvgIpc) is 2.63. The Bertz CT molecular complexity index is 421. The molecule has 0 aliphatic carbocycles. The maximum Gasteiger partial charge on any atom is 0.546 e. The molecule has 0 fully saturated rings. The largest absolute Gasteiger partial charge is 0.642 e. The molecule has 0 saturated carbocycles. The van der Waals surface area contributed by atoms with Gasteiger partial charge in [-0.2, -0.15) is 0 Å². The van der Waals surface area contributed by atoms with Crippen molar-refractivity contribution in [3.63, 3.8) is 0 Å². The first-order chi connectivity index (χ1) is 12.7. The lowest BCUT2D eigenvalue weighted by Crippen LogP contribution is -2.22. The molecule has 1 nitrogen and oxygen atoms in total. The number of para-hydroxylation sites is 1. The Hall–Kier alpha value is -0.448. The molecule has 0 aromatic heterocycles. The minimum atomic E-state index is -1.13. The Morgan fingerprint density at radius 2 is 1.08 bits per heavy atom. The highest BCUT2D eigenvalue weighted by Gasteiger charge is 2.23. The molecule has 0 heterocycles. The van der Waals surface area contributed by atoms with Gasteiger partial charge in [0.1, 0.15) is 0 Å². The van der Waals surface area contributed by atoms with Crippen LogP contribution in [0.15, 0.2) is 18.2 Å². The number of unbranched alkanes of at least 4 members (excludes halogenated alkanes) is 10. The second-order valence-corrected chi connectivity index (χ2v) is 10.7. The molecule has 2 heteroatoms. The molecule has 0 aliphatic rings. The van der Waals surface area contributed by atoms with Gasteiger partial charge in [-0.05, 0) is 25.0 Å². The first-order valence-electron chi connectivity index (χ1n) is 11.4. The molecule has 0 amide bonds. The van der Waals surface area contributed by atoms with Gasteiger partial charge >= 0.3 is 14.5 Å². The number of benzene rings is 1. The summed E-state index contributed by atoms with van der Waals surface area (Å²) in [4.78, 5) is 0. The van der Waals surface area contributed by atoms with E-state index in [0.29, 0.717) is 0 Å². The SMILES string of the molecule is CCCCCCC[CH2][Al]([CH2]CCCCCCC)[O]c1c(C)cccc1C. The quantitative estimate of drug-likeness (QED) is 0.208. The normalized spacial score (nSPS) is 10.9. The lowest BCUT2D eigenvalue weighted by Gasteiger charge is -2.19. The molecule has 1 aromatic carbocycles. The molecule has 1 rings (SSSR count). The summed E-state index contributed by atoms with van der Waals surface area (Å²) >= 11 is -1.13. The van der Waals surface area contributed by atoms with Gasteiger partial charge in [0.25, 0.3) is 0 Å². The van der Waals surface area contributed by atoms with E-state index >= 15 is 0 Å². The van der Waals surface area contributed by atoms with Gasteiger partial charge in [-0.3, -0.25) is 0 Å². The van der Waals surface area contributed by atoms with Crippen LogP contribution in [0.4, 0.5) is 0 Å². The molecule has 26 heavy (non-hydrogen) atoms. The molecule has 0 unspecified atom stereocenters. The van der Waals surface area contributed by atoms with Crippen LogP contribution in [-0.2, 0) is 0 Å². The number of rotatable bonds is 16. The van der Waals surface area contributed by atoms with Crippen molar-refractivity contribution in [3.8, 4) is 5.75 Å². The first kappa shape index (κ1) is 23.6. The highest BCUT2D eigenvalue weighted by Crippen LogP contribution is 2.26. The lowest BCUT2D eigenvalue weighted by molar-refractivity contribution is 0.533. The third kappa shape index (κ3) is 10.6. The van der Waals surface area contributed by atoms with Crippen LogP contribution >= 0.6 is 0 Å². The van der Waals surface area contributed by atoms with E-state index in [1.165, 1.54) is 104 Å². The Morgan fingerprint density at radius 1 is 0.654 bits per heavy atom. The molecular formula is C24H43AlO. The summed E-state index contributed by atoms with van der Waals surface area (Å²) in [5.41, 5.74) is 2.63. The Balaban J connectivity index is 2.44. The van der Waals surface area contributed by atoms with Gasteiger partial charge in [0.15, 0.2) is 0 Å². The minimum absolute atomic E-state index is 1.13. The molecule has 0 N–H and O–H groups in total. The van der Waals surface area contributed by atoms with Crippen molar-refractivity contribution < 1.29 is 3.79 Å². The van der Waals surface area contributed by atoms with Crippen molar-refractivity contribution in [3.05, 3.63) is 29.3 Å². The zero-order chi connectivity index (χ0) is 19.0. The topological polar surface area (TPSA) is 9.23 Å². The summed E-state index contributed by atoms with van der Waals surface area (Å²) in [6, 6.07) is 6.54. The molecule has 0 aliphatic heterocycles. The number of aryl methyl sites for hydroxylation is 2. The van der Waals surface area contributed by atoms with Crippen LogP contribution in [0.1, 0.15) is 102 Å². The van der Waals surface area contributed by atoms with E-state index in [1.54, 1.807) is 0 Å². The summed E-state index contributed by atoms with van der Waals surface area (Å²) < 4.78 is 6.67. The standard InChI is InChI=1S/C8H10O.2C8H17.Al/c1-6-4-3-5-7(2)8(6)9;2*1-3-5-7-8-6-4-2;/h3-5,9H,1-2H3;2*1,3-8H2,2H3;/q;;;+1/p-1. The predicted octanol–water partition coefficient (Wildman–Crippen LogP) is 8.39. The fraction of sp³-hybridized carbons (Fsp3) is 0.750. The van der Waals surface area contributed by atoms with Gasteiger partial charge in [0, 0.05) is 0 Å². The van der Waals surface area contributed by atoms with Crippen molar-refractivity contribution in [2.24, 2.45) is 0 Å². The number of hydrogen-bond acceptors (Lipinski definition) is 1. The Labute approximate surface area is 168 Å². The van der Waals surface area contributed by atoms with E-state index < -0.39 is 14.5 Å². The molecule has 0 radical (unpaired) electrons. The maximum absolute atomic E-state index is 6.67.